The Kier molecular flexibility index (Phi) is 4.51. The van der Waals surface area contributed by atoms with E-state index in [9.17, 15) is 9.90 Å². The van der Waals surface area contributed by atoms with Crippen molar-refractivity contribution < 1.29 is 14.6 Å². The number of aryl methyl sites for hydroxylation is 1. The van der Waals surface area contributed by atoms with Gasteiger partial charge in [-0.1, -0.05) is 26.3 Å². The summed E-state index contributed by atoms with van der Waals surface area (Å²) in [5.41, 5.74) is 2.06. The molecule has 1 aromatic heterocycles. The molecule has 122 valence electrons. The molecule has 0 unspecified atom stereocenters. The zero-order valence-corrected chi connectivity index (χ0v) is 13.7. The summed E-state index contributed by atoms with van der Waals surface area (Å²) in [5, 5.41) is 10.2. The first kappa shape index (κ1) is 15.8. The van der Waals surface area contributed by atoms with Gasteiger partial charge in [0, 0.05) is 6.20 Å². The first-order chi connectivity index (χ1) is 11.1. The zero-order chi connectivity index (χ0) is 16.4. The van der Waals surface area contributed by atoms with Gasteiger partial charge in [0.25, 0.3) is 0 Å². The fraction of sp³-hybridized carbons (Fsp3) is 0.474. The van der Waals surface area contributed by atoms with Gasteiger partial charge < -0.3 is 9.84 Å². The maximum atomic E-state index is 11.6. The SMILES string of the molecule is CCc1ccc(O[C@@H]2CCC[C@H](C)C2)c2c(C(=O)O)ccnc12. The number of hydrogen-bond donors (Lipinski definition) is 1. The third kappa shape index (κ3) is 3.16. The Bertz CT molecular complexity index is 726. The number of carboxylic acids is 1. The van der Waals surface area contributed by atoms with Crippen LogP contribution in [0.25, 0.3) is 10.9 Å². The molecule has 0 saturated heterocycles. The van der Waals surface area contributed by atoms with Crippen molar-refractivity contribution in [2.24, 2.45) is 5.92 Å². The maximum Gasteiger partial charge on any atom is 0.336 e. The molecule has 1 N–H and O–H groups in total. The lowest BCUT2D eigenvalue weighted by Crippen LogP contribution is -2.24. The van der Waals surface area contributed by atoms with Gasteiger partial charge in [0.05, 0.1) is 22.6 Å². The highest BCUT2D eigenvalue weighted by Gasteiger charge is 2.23. The lowest BCUT2D eigenvalue weighted by atomic mass is 9.88. The second kappa shape index (κ2) is 6.57. The summed E-state index contributed by atoms with van der Waals surface area (Å²) < 4.78 is 6.23. The summed E-state index contributed by atoms with van der Waals surface area (Å²) in [6.07, 6.45) is 7.02. The standard InChI is InChI=1S/C19H23NO3/c1-3-13-7-8-16(23-14-6-4-5-12(2)11-14)17-15(19(21)22)9-10-20-18(13)17/h7-10,12,14H,3-6,11H2,1-2H3,(H,21,22)/t12-,14+/m0/s1. The third-order valence-electron chi connectivity index (χ3n) is 4.73. The average molecular weight is 313 g/mol. The molecule has 0 amide bonds. The van der Waals surface area contributed by atoms with Crippen molar-refractivity contribution >= 4 is 16.9 Å². The number of benzene rings is 1. The molecule has 0 radical (unpaired) electrons. The molecule has 3 rings (SSSR count). The van der Waals surface area contributed by atoms with Gasteiger partial charge in [-0.15, -0.1) is 0 Å². The smallest absolute Gasteiger partial charge is 0.336 e. The fourth-order valence-electron chi connectivity index (χ4n) is 3.52. The Morgan fingerprint density at radius 2 is 2.17 bits per heavy atom. The Morgan fingerprint density at radius 3 is 2.87 bits per heavy atom. The van der Waals surface area contributed by atoms with Gasteiger partial charge in [0.2, 0.25) is 0 Å². The molecule has 4 nitrogen and oxygen atoms in total. The largest absolute Gasteiger partial charge is 0.490 e. The van der Waals surface area contributed by atoms with Crippen molar-refractivity contribution in [2.75, 3.05) is 0 Å². The van der Waals surface area contributed by atoms with E-state index in [4.69, 9.17) is 4.74 Å². The van der Waals surface area contributed by atoms with Gasteiger partial charge in [-0.05, 0) is 49.3 Å². The van der Waals surface area contributed by atoms with E-state index < -0.39 is 5.97 Å². The Balaban J connectivity index is 2.07. The van der Waals surface area contributed by atoms with Gasteiger partial charge >= 0.3 is 5.97 Å². The number of hydrogen-bond acceptors (Lipinski definition) is 3. The van der Waals surface area contributed by atoms with Crippen molar-refractivity contribution in [3.63, 3.8) is 0 Å². The van der Waals surface area contributed by atoms with Crippen LogP contribution in [0.4, 0.5) is 0 Å². The van der Waals surface area contributed by atoms with Gasteiger partial charge in [-0.25, -0.2) is 4.79 Å². The minimum Gasteiger partial charge on any atom is -0.490 e. The molecule has 0 spiro atoms. The number of ether oxygens (including phenoxy) is 1. The molecule has 0 bridgehead atoms. The maximum absolute atomic E-state index is 11.6. The quantitative estimate of drug-likeness (QED) is 0.905. The van der Waals surface area contributed by atoms with E-state index in [0.717, 1.165) is 30.3 Å². The van der Waals surface area contributed by atoms with E-state index >= 15 is 0 Å². The molecule has 1 saturated carbocycles. The number of carbonyl (C=O) groups is 1. The number of carboxylic acid groups (broad SMARTS) is 1. The van der Waals surface area contributed by atoms with E-state index in [1.807, 2.05) is 19.1 Å². The molecule has 23 heavy (non-hydrogen) atoms. The van der Waals surface area contributed by atoms with Crippen molar-refractivity contribution in [3.8, 4) is 5.75 Å². The Hall–Kier alpha value is -2.10. The van der Waals surface area contributed by atoms with Crippen molar-refractivity contribution in [2.45, 2.75) is 52.1 Å². The summed E-state index contributed by atoms with van der Waals surface area (Å²) in [5.74, 6) is 0.376. The van der Waals surface area contributed by atoms with E-state index in [0.29, 0.717) is 17.1 Å². The number of nitrogens with zero attached hydrogens (tertiary/aromatic N) is 1. The highest BCUT2D eigenvalue weighted by atomic mass is 16.5. The Morgan fingerprint density at radius 1 is 1.35 bits per heavy atom. The van der Waals surface area contributed by atoms with Crippen molar-refractivity contribution in [3.05, 3.63) is 35.5 Å². The molecule has 2 atom stereocenters. The number of rotatable bonds is 4. The summed E-state index contributed by atoms with van der Waals surface area (Å²) in [7, 11) is 0. The van der Waals surface area contributed by atoms with Gasteiger partial charge in [0.15, 0.2) is 0 Å². The van der Waals surface area contributed by atoms with E-state index in [-0.39, 0.29) is 11.7 Å². The molecule has 1 aliphatic carbocycles. The second-order valence-corrected chi connectivity index (χ2v) is 6.48. The van der Waals surface area contributed by atoms with Crippen molar-refractivity contribution in [1.29, 1.82) is 0 Å². The van der Waals surface area contributed by atoms with Crippen LogP contribution >= 0.6 is 0 Å². The van der Waals surface area contributed by atoms with E-state index in [1.165, 1.54) is 12.8 Å². The molecule has 1 fully saturated rings. The molecule has 1 heterocycles. The number of fused-ring (bicyclic) bond motifs is 1. The fourth-order valence-corrected chi connectivity index (χ4v) is 3.52. The van der Waals surface area contributed by atoms with Crippen LogP contribution in [0.5, 0.6) is 5.75 Å². The van der Waals surface area contributed by atoms with Crippen LogP contribution in [0, 0.1) is 5.92 Å². The summed E-state index contributed by atoms with van der Waals surface area (Å²) in [6.45, 7) is 4.30. The summed E-state index contributed by atoms with van der Waals surface area (Å²) >= 11 is 0. The topological polar surface area (TPSA) is 59.4 Å². The number of aromatic carboxylic acids is 1. The Labute approximate surface area is 136 Å². The lowest BCUT2D eigenvalue weighted by Gasteiger charge is -2.28. The molecular formula is C19H23NO3. The van der Waals surface area contributed by atoms with Crippen LogP contribution in [0.1, 0.15) is 55.5 Å². The summed E-state index contributed by atoms with van der Waals surface area (Å²) in [6, 6.07) is 5.47. The van der Waals surface area contributed by atoms with Gasteiger partial charge in [-0.3, -0.25) is 4.98 Å². The zero-order valence-electron chi connectivity index (χ0n) is 13.7. The van der Waals surface area contributed by atoms with Gasteiger partial charge in [0.1, 0.15) is 5.75 Å². The number of pyridine rings is 1. The first-order valence-electron chi connectivity index (χ1n) is 8.40. The predicted octanol–water partition coefficient (Wildman–Crippen LogP) is 4.45. The lowest BCUT2D eigenvalue weighted by molar-refractivity contribution is 0.0698. The van der Waals surface area contributed by atoms with Crippen LogP contribution < -0.4 is 4.74 Å². The third-order valence-corrected chi connectivity index (χ3v) is 4.73. The number of aromatic nitrogens is 1. The minimum atomic E-state index is -0.937. The molecule has 1 aromatic carbocycles. The van der Waals surface area contributed by atoms with Crippen LogP contribution in [0.15, 0.2) is 24.4 Å². The minimum absolute atomic E-state index is 0.163. The van der Waals surface area contributed by atoms with Crippen molar-refractivity contribution in [1.82, 2.24) is 4.98 Å². The molecule has 1 aliphatic rings. The van der Waals surface area contributed by atoms with Crippen LogP contribution in [0.2, 0.25) is 0 Å². The highest BCUT2D eigenvalue weighted by molar-refractivity contribution is 6.05. The first-order valence-corrected chi connectivity index (χ1v) is 8.40. The average Bonchev–Trinajstić information content (AvgIpc) is 2.54. The summed E-state index contributed by atoms with van der Waals surface area (Å²) in [4.78, 5) is 16.0. The molecular weight excluding hydrogens is 290 g/mol. The predicted molar refractivity (Wildman–Crippen MR) is 90.1 cm³/mol. The van der Waals surface area contributed by atoms with Crippen LogP contribution in [-0.2, 0) is 6.42 Å². The van der Waals surface area contributed by atoms with Crippen LogP contribution in [-0.4, -0.2) is 22.2 Å². The molecule has 2 aromatic rings. The van der Waals surface area contributed by atoms with E-state index in [1.54, 1.807) is 12.3 Å². The van der Waals surface area contributed by atoms with Gasteiger partial charge in [-0.2, -0.15) is 0 Å². The second-order valence-electron chi connectivity index (χ2n) is 6.48. The van der Waals surface area contributed by atoms with Crippen LogP contribution in [0.3, 0.4) is 0 Å². The highest BCUT2D eigenvalue weighted by Crippen LogP contribution is 2.34. The normalized spacial score (nSPS) is 21.3. The monoisotopic (exact) mass is 313 g/mol. The molecule has 4 heteroatoms. The van der Waals surface area contributed by atoms with E-state index in [2.05, 4.69) is 11.9 Å². The molecule has 0 aliphatic heterocycles.